The van der Waals surface area contributed by atoms with Gasteiger partial charge in [0.05, 0.1) is 12.2 Å². The Balaban J connectivity index is 2.30. The van der Waals surface area contributed by atoms with Gasteiger partial charge in [0.25, 0.3) is 0 Å². The lowest BCUT2D eigenvalue weighted by atomic mass is 10.2. The van der Waals surface area contributed by atoms with Crippen molar-refractivity contribution >= 4 is 17.4 Å². The van der Waals surface area contributed by atoms with E-state index in [1.807, 2.05) is 24.3 Å². The number of rotatable bonds is 4. The van der Waals surface area contributed by atoms with E-state index < -0.39 is 0 Å². The summed E-state index contributed by atoms with van der Waals surface area (Å²) in [5.41, 5.74) is 6.62. The fourth-order valence-corrected chi connectivity index (χ4v) is 1.91. The molecular weight excluding hydrogens is 206 g/mol. The van der Waals surface area contributed by atoms with Gasteiger partial charge < -0.3 is 10.5 Å². The maximum absolute atomic E-state index is 5.83. The molecule has 1 aromatic carbocycles. The molecule has 0 amide bonds. The molecule has 0 bridgehead atoms. The van der Waals surface area contributed by atoms with Crippen LogP contribution in [0.2, 0.25) is 0 Å². The standard InChI is InChI=1S/C12H19NOS/c1-12(2,3)14-8-9-15-11-7-5-4-6-10(11)13/h4-7H,8-9,13H2,1-3H3. The summed E-state index contributed by atoms with van der Waals surface area (Å²) in [4.78, 5) is 1.13. The number of para-hydroxylation sites is 1. The second-order valence-corrected chi connectivity index (χ2v) is 5.48. The zero-order chi connectivity index (χ0) is 11.3. The molecule has 0 atom stereocenters. The monoisotopic (exact) mass is 225 g/mol. The van der Waals surface area contributed by atoms with E-state index in [1.54, 1.807) is 11.8 Å². The van der Waals surface area contributed by atoms with Gasteiger partial charge in [0.1, 0.15) is 0 Å². The van der Waals surface area contributed by atoms with Gasteiger partial charge in [-0.3, -0.25) is 0 Å². The van der Waals surface area contributed by atoms with Crippen molar-refractivity contribution in [2.45, 2.75) is 31.3 Å². The van der Waals surface area contributed by atoms with Gasteiger partial charge in [-0.15, -0.1) is 11.8 Å². The smallest absolute Gasteiger partial charge is 0.0598 e. The molecule has 0 saturated carbocycles. The van der Waals surface area contributed by atoms with Gasteiger partial charge >= 0.3 is 0 Å². The molecule has 0 radical (unpaired) electrons. The summed E-state index contributed by atoms with van der Waals surface area (Å²) >= 11 is 1.74. The van der Waals surface area contributed by atoms with Crippen LogP contribution in [-0.4, -0.2) is 18.0 Å². The highest BCUT2D eigenvalue weighted by molar-refractivity contribution is 7.99. The van der Waals surface area contributed by atoms with Crippen LogP contribution in [0.5, 0.6) is 0 Å². The van der Waals surface area contributed by atoms with Crippen LogP contribution in [0.1, 0.15) is 20.8 Å². The lowest BCUT2D eigenvalue weighted by molar-refractivity contribution is 0.00695. The molecule has 0 heterocycles. The number of benzene rings is 1. The fourth-order valence-electron chi connectivity index (χ4n) is 1.11. The molecule has 1 aromatic rings. The van der Waals surface area contributed by atoms with E-state index in [-0.39, 0.29) is 5.60 Å². The molecule has 2 N–H and O–H groups in total. The summed E-state index contributed by atoms with van der Waals surface area (Å²) in [6, 6.07) is 7.92. The SMILES string of the molecule is CC(C)(C)OCCSc1ccccc1N. The maximum Gasteiger partial charge on any atom is 0.0598 e. The lowest BCUT2D eigenvalue weighted by Gasteiger charge is -2.19. The van der Waals surface area contributed by atoms with Crippen molar-refractivity contribution in [2.75, 3.05) is 18.1 Å². The van der Waals surface area contributed by atoms with Crippen molar-refractivity contribution < 1.29 is 4.74 Å². The van der Waals surface area contributed by atoms with Crippen LogP contribution in [0.25, 0.3) is 0 Å². The normalized spacial score (nSPS) is 11.7. The Labute approximate surface area is 96.2 Å². The molecule has 0 spiro atoms. The highest BCUT2D eigenvalue weighted by atomic mass is 32.2. The molecule has 1 rings (SSSR count). The molecule has 0 saturated heterocycles. The van der Waals surface area contributed by atoms with Gasteiger partial charge in [-0.05, 0) is 32.9 Å². The molecular formula is C12H19NOS. The molecule has 0 aliphatic carbocycles. The first-order chi connectivity index (χ1) is 6.99. The van der Waals surface area contributed by atoms with E-state index in [2.05, 4.69) is 20.8 Å². The van der Waals surface area contributed by atoms with E-state index >= 15 is 0 Å². The van der Waals surface area contributed by atoms with Crippen LogP contribution in [0.15, 0.2) is 29.2 Å². The molecule has 0 fully saturated rings. The minimum absolute atomic E-state index is 0.0528. The number of hydrogen-bond acceptors (Lipinski definition) is 3. The molecule has 2 nitrogen and oxygen atoms in total. The lowest BCUT2D eigenvalue weighted by Crippen LogP contribution is -2.20. The van der Waals surface area contributed by atoms with E-state index in [4.69, 9.17) is 10.5 Å². The van der Waals surface area contributed by atoms with Crippen LogP contribution in [-0.2, 0) is 4.74 Å². The molecule has 0 unspecified atom stereocenters. The first kappa shape index (κ1) is 12.4. The van der Waals surface area contributed by atoms with E-state index in [9.17, 15) is 0 Å². The number of hydrogen-bond donors (Lipinski definition) is 1. The Morgan fingerprint density at radius 2 is 1.93 bits per heavy atom. The summed E-state index contributed by atoms with van der Waals surface area (Å²) in [6.45, 7) is 6.94. The van der Waals surface area contributed by atoms with Crippen molar-refractivity contribution in [3.05, 3.63) is 24.3 Å². The average Bonchev–Trinajstić information content (AvgIpc) is 2.13. The van der Waals surface area contributed by atoms with Crippen molar-refractivity contribution in [3.8, 4) is 0 Å². The first-order valence-corrected chi connectivity index (χ1v) is 6.09. The minimum Gasteiger partial charge on any atom is -0.398 e. The number of thioether (sulfide) groups is 1. The Hall–Kier alpha value is -0.670. The summed E-state index contributed by atoms with van der Waals surface area (Å²) in [5.74, 6) is 0.936. The topological polar surface area (TPSA) is 35.2 Å². The third-order valence-corrected chi connectivity index (χ3v) is 2.85. The maximum atomic E-state index is 5.83. The predicted octanol–water partition coefficient (Wildman–Crippen LogP) is 3.18. The second-order valence-electron chi connectivity index (χ2n) is 4.35. The molecule has 84 valence electrons. The van der Waals surface area contributed by atoms with Crippen molar-refractivity contribution in [1.29, 1.82) is 0 Å². The number of ether oxygens (including phenoxy) is 1. The summed E-state index contributed by atoms with van der Waals surface area (Å²) in [6.07, 6.45) is 0. The third kappa shape index (κ3) is 5.09. The minimum atomic E-state index is -0.0528. The largest absolute Gasteiger partial charge is 0.398 e. The van der Waals surface area contributed by atoms with Crippen molar-refractivity contribution in [1.82, 2.24) is 0 Å². The molecule has 0 aromatic heterocycles. The third-order valence-electron chi connectivity index (χ3n) is 1.79. The first-order valence-electron chi connectivity index (χ1n) is 5.10. The zero-order valence-electron chi connectivity index (χ0n) is 9.62. The second kappa shape index (κ2) is 5.42. The van der Waals surface area contributed by atoms with E-state index in [0.29, 0.717) is 0 Å². The van der Waals surface area contributed by atoms with Crippen LogP contribution >= 0.6 is 11.8 Å². The van der Waals surface area contributed by atoms with Gasteiger partial charge in [0, 0.05) is 16.3 Å². The van der Waals surface area contributed by atoms with E-state index in [1.165, 1.54) is 0 Å². The fraction of sp³-hybridized carbons (Fsp3) is 0.500. The van der Waals surface area contributed by atoms with Crippen LogP contribution < -0.4 is 5.73 Å². The summed E-state index contributed by atoms with van der Waals surface area (Å²) in [7, 11) is 0. The number of nitrogens with two attached hydrogens (primary N) is 1. The summed E-state index contributed by atoms with van der Waals surface area (Å²) in [5, 5.41) is 0. The Morgan fingerprint density at radius 3 is 2.53 bits per heavy atom. The highest BCUT2D eigenvalue weighted by Crippen LogP contribution is 2.24. The molecule has 0 aliphatic rings. The summed E-state index contributed by atoms with van der Waals surface area (Å²) < 4.78 is 5.63. The molecule has 3 heteroatoms. The Kier molecular flexibility index (Phi) is 4.48. The number of nitrogen functional groups attached to an aromatic ring is 1. The van der Waals surface area contributed by atoms with Crippen molar-refractivity contribution in [2.24, 2.45) is 0 Å². The Morgan fingerprint density at radius 1 is 1.27 bits per heavy atom. The van der Waals surface area contributed by atoms with E-state index in [0.717, 1.165) is 22.9 Å². The predicted molar refractivity (Wildman–Crippen MR) is 67.3 cm³/mol. The van der Waals surface area contributed by atoms with Gasteiger partial charge in [0.2, 0.25) is 0 Å². The van der Waals surface area contributed by atoms with Crippen LogP contribution in [0.4, 0.5) is 5.69 Å². The molecule has 0 aliphatic heterocycles. The molecule has 15 heavy (non-hydrogen) atoms. The average molecular weight is 225 g/mol. The van der Waals surface area contributed by atoms with Gasteiger partial charge in [-0.25, -0.2) is 0 Å². The highest BCUT2D eigenvalue weighted by Gasteiger charge is 2.09. The van der Waals surface area contributed by atoms with Crippen molar-refractivity contribution in [3.63, 3.8) is 0 Å². The number of anilines is 1. The van der Waals surface area contributed by atoms with Gasteiger partial charge in [-0.1, -0.05) is 12.1 Å². The van der Waals surface area contributed by atoms with Gasteiger partial charge in [-0.2, -0.15) is 0 Å². The van der Waals surface area contributed by atoms with Crippen LogP contribution in [0, 0.1) is 0 Å². The Bertz CT molecular complexity index is 307. The van der Waals surface area contributed by atoms with Crippen LogP contribution in [0.3, 0.4) is 0 Å². The van der Waals surface area contributed by atoms with Gasteiger partial charge in [0.15, 0.2) is 0 Å². The zero-order valence-corrected chi connectivity index (χ0v) is 10.4. The quantitative estimate of drug-likeness (QED) is 0.485.